The lowest BCUT2D eigenvalue weighted by atomic mass is 10.1. The average Bonchev–Trinajstić information content (AvgIpc) is 2.94. The summed E-state index contributed by atoms with van der Waals surface area (Å²) in [6.07, 6.45) is 2.86. The van der Waals surface area contributed by atoms with Crippen LogP contribution in [0.4, 0.5) is 16.4 Å². The van der Waals surface area contributed by atoms with E-state index >= 15 is 0 Å². The number of fused-ring (bicyclic) bond motifs is 1. The Morgan fingerprint density at radius 3 is 2.50 bits per heavy atom. The second kappa shape index (κ2) is 9.75. The number of hydrogen-bond acceptors (Lipinski definition) is 8. The van der Waals surface area contributed by atoms with Crippen LogP contribution in [0.25, 0.3) is 5.57 Å². The SMILES string of the molecule is CN(C)/C=C1\C(=O)Nc2ncnc(NCCN(C)CCN(C)C(=O)OC(C)(C)C)c21. The largest absolute Gasteiger partial charge is 0.444 e. The second-order valence-electron chi connectivity index (χ2n) is 8.54. The van der Waals surface area contributed by atoms with Gasteiger partial charge >= 0.3 is 6.09 Å². The van der Waals surface area contributed by atoms with Gasteiger partial charge in [-0.2, -0.15) is 0 Å². The van der Waals surface area contributed by atoms with Crippen molar-refractivity contribution >= 4 is 29.2 Å². The topological polar surface area (TPSA) is 103 Å². The minimum absolute atomic E-state index is 0.190. The molecule has 0 fully saturated rings. The van der Waals surface area contributed by atoms with E-state index in [0.717, 1.165) is 6.54 Å². The molecule has 1 aliphatic heterocycles. The predicted molar refractivity (Wildman–Crippen MR) is 117 cm³/mol. The summed E-state index contributed by atoms with van der Waals surface area (Å²) >= 11 is 0. The number of amides is 2. The van der Waals surface area contributed by atoms with E-state index in [1.165, 1.54) is 6.33 Å². The highest BCUT2D eigenvalue weighted by molar-refractivity contribution is 6.32. The molecule has 0 saturated carbocycles. The number of ether oxygens (including phenoxy) is 1. The first-order chi connectivity index (χ1) is 14.0. The molecule has 1 aromatic heterocycles. The van der Waals surface area contributed by atoms with Gasteiger partial charge in [0.05, 0.1) is 11.1 Å². The standard InChI is InChI=1S/C20H33N7O3/c1-20(2,3)30-19(29)27(7)11-10-26(6)9-8-21-16-15-14(12-25(4)5)18(28)24-17(15)23-13-22-16/h12-13H,8-11H2,1-7H3,(H2,21,22,23,24,28)/b14-12-. The number of anilines is 2. The summed E-state index contributed by atoms with van der Waals surface area (Å²) in [5.41, 5.74) is 0.712. The third-order valence-electron chi connectivity index (χ3n) is 4.29. The number of nitrogens with one attached hydrogen (secondary N) is 2. The van der Waals surface area contributed by atoms with Gasteiger partial charge < -0.3 is 30.1 Å². The van der Waals surface area contributed by atoms with Crippen molar-refractivity contribution in [3.8, 4) is 0 Å². The Bertz CT molecular complexity index is 802. The van der Waals surface area contributed by atoms with Gasteiger partial charge in [0.15, 0.2) is 0 Å². The lowest BCUT2D eigenvalue weighted by molar-refractivity contribution is -0.110. The van der Waals surface area contributed by atoms with Gasteiger partial charge in [0, 0.05) is 53.5 Å². The third-order valence-corrected chi connectivity index (χ3v) is 4.29. The molecule has 10 nitrogen and oxygen atoms in total. The third kappa shape index (κ3) is 6.58. The molecule has 0 atom stereocenters. The highest BCUT2D eigenvalue weighted by Gasteiger charge is 2.29. The van der Waals surface area contributed by atoms with Gasteiger partial charge in [-0.25, -0.2) is 14.8 Å². The summed E-state index contributed by atoms with van der Waals surface area (Å²) in [5.74, 6) is 0.938. The zero-order chi connectivity index (χ0) is 22.5. The summed E-state index contributed by atoms with van der Waals surface area (Å²) in [5, 5.41) is 6.06. The molecular formula is C20H33N7O3. The first kappa shape index (κ1) is 23.4. The molecule has 0 bridgehead atoms. The Morgan fingerprint density at radius 1 is 1.17 bits per heavy atom. The van der Waals surface area contributed by atoms with Crippen LogP contribution in [0.1, 0.15) is 26.3 Å². The number of carbonyl (C=O) groups is 2. The van der Waals surface area contributed by atoms with Crippen LogP contribution < -0.4 is 10.6 Å². The summed E-state index contributed by atoms with van der Waals surface area (Å²) < 4.78 is 5.36. The fourth-order valence-electron chi connectivity index (χ4n) is 2.77. The summed E-state index contributed by atoms with van der Waals surface area (Å²) in [4.78, 5) is 38.2. The van der Waals surface area contributed by atoms with Crippen molar-refractivity contribution in [2.75, 3.05) is 65.0 Å². The number of hydrogen-bond donors (Lipinski definition) is 2. The van der Waals surface area contributed by atoms with Gasteiger partial charge in [-0.05, 0) is 27.8 Å². The van der Waals surface area contributed by atoms with E-state index in [0.29, 0.717) is 42.4 Å². The summed E-state index contributed by atoms with van der Waals surface area (Å²) in [6.45, 7) is 8.16. The van der Waals surface area contributed by atoms with Gasteiger partial charge in [-0.15, -0.1) is 0 Å². The molecule has 0 saturated heterocycles. The highest BCUT2D eigenvalue weighted by atomic mass is 16.6. The number of likely N-dealkylation sites (N-methyl/N-ethyl adjacent to an activating group) is 2. The molecule has 0 aromatic carbocycles. The van der Waals surface area contributed by atoms with Gasteiger partial charge in [0.25, 0.3) is 5.91 Å². The van der Waals surface area contributed by atoms with Crippen LogP contribution in [-0.4, -0.2) is 96.6 Å². The molecule has 0 unspecified atom stereocenters. The minimum Gasteiger partial charge on any atom is -0.444 e. The number of nitrogens with zero attached hydrogens (tertiary/aromatic N) is 5. The Hall–Kier alpha value is -2.88. The molecule has 1 aliphatic rings. The quantitative estimate of drug-likeness (QED) is 0.612. The van der Waals surface area contributed by atoms with E-state index in [-0.39, 0.29) is 12.0 Å². The second-order valence-corrected chi connectivity index (χ2v) is 8.54. The Kier molecular flexibility index (Phi) is 7.60. The van der Waals surface area contributed by atoms with E-state index in [9.17, 15) is 9.59 Å². The van der Waals surface area contributed by atoms with E-state index in [4.69, 9.17) is 4.74 Å². The molecule has 0 aliphatic carbocycles. The van der Waals surface area contributed by atoms with E-state index < -0.39 is 5.60 Å². The van der Waals surface area contributed by atoms with Crippen LogP contribution in [-0.2, 0) is 9.53 Å². The zero-order valence-electron chi connectivity index (χ0n) is 18.9. The van der Waals surface area contributed by atoms with Gasteiger partial charge in [-0.1, -0.05) is 0 Å². The van der Waals surface area contributed by atoms with Crippen molar-refractivity contribution in [1.29, 1.82) is 0 Å². The Balaban J connectivity index is 1.87. The monoisotopic (exact) mass is 419 g/mol. The molecule has 2 rings (SSSR count). The van der Waals surface area contributed by atoms with Crippen molar-refractivity contribution in [3.63, 3.8) is 0 Å². The number of rotatable bonds is 8. The fraction of sp³-hybridized carbons (Fsp3) is 0.600. The molecule has 2 N–H and O–H groups in total. The fourth-order valence-corrected chi connectivity index (χ4v) is 2.77. The first-order valence-corrected chi connectivity index (χ1v) is 9.89. The van der Waals surface area contributed by atoms with Crippen LogP contribution >= 0.6 is 0 Å². The van der Waals surface area contributed by atoms with Crippen LogP contribution in [0.3, 0.4) is 0 Å². The highest BCUT2D eigenvalue weighted by Crippen LogP contribution is 2.34. The molecule has 1 aromatic rings. The van der Waals surface area contributed by atoms with Crippen LogP contribution in [0, 0.1) is 0 Å². The Labute approximate surface area is 178 Å². The predicted octanol–water partition coefficient (Wildman–Crippen LogP) is 1.54. The van der Waals surface area contributed by atoms with Crippen LogP contribution in [0.5, 0.6) is 0 Å². The smallest absolute Gasteiger partial charge is 0.410 e. The maximum absolute atomic E-state index is 12.2. The van der Waals surface area contributed by atoms with Crippen molar-refractivity contribution in [2.45, 2.75) is 26.4 Å². The van der Waals surface area contributed by atoms with Crippen molar-refractivity contribution in [1.82, 2.24) is 24.7 Å². The molecule has 0 spiro atoms. The lowest BCUT2D eigenvalue weighted by Gasteiger charge is -2.26. The maximum atomic E-state index is 12.2. The molecular weight excluding hydrogens is 386 g/mol. The van der Waals surface area contributed by atoms with Gasteiger partial charge in [0.2, 0.25) is 0 Å². The molecule has 166 valence electrons. The summed E-state index contributed by atoms with van der Waals surface area (Å²) in [6, 6.07) is 0. The molecule has 2 heterocycles. The first-order valence-electron chi connectivity index (χ1n) is 9.89. The number of carbonyl (C=O) groups excluding carboxylic acids is 2. The van der Waals surface area contributed by atoms with Gasteiger partial charge in [0.1, 0.15) is 23.6 Å². The maximum Gasteiger partial charge on any atom is 0.410 e. The van der Waals surface area contributed by atoms with E-state index in [2.05, 4.69) is 25.5 Å². The molecule has 30 heavy (non-hydrogen) atoms. The number of aromatic nitrogens is 2. The van der Waals surface area contributed by atoms with E-state index in [1.807, 2.05) is 46.8 Å². The molecule has 2 amide bonds. The molecule has 10 heteroatoms. The summed E-state index contributed by atoms with van der Waals surface area (Å²) in [7, 11) is 7.43. The van der Waals surface area contributed by atoms with Crippen LogP contribution in [0.15, 0.2) is 12.5 Å². The molecule has 0 radical (unpaired) electrons. The lowest BCUT2D eigenvalue weighted by Crippen LogP contribution is -2.39. The zero-order valence-corrected chi connectivity index (χ0v) is 18.9. The minimum atomic E-state index is -0.505. The van der Waals surface area contributed by atoms with Crippen molar-refractivity contribution in [2.24, 2.45) is 0 Å². The van der Waals surface area contributed by atoms with Gasteiger partial charge in [-0.3, -0.25) is 4.79 Å². The Morgan fingerprint density at radius 2 is 1.87 bits per heavy atom. The van der Waals surface area contributed by atoms with Crippen LogP contribution in [0.2, 0.25) is 0 Å². The van der Waals surface area contributed by atoms with E-state index in [1.54, 1.807) is 18.1 Å². The van der Waals surface area contributed by atoms with Crippen molar-refractivity contribution < 1.29 is 14.3 Å². The average molecular weight is 420 g/mol. The van der Waals surface area contributed by atoms with Crippen molar-refractivity contribution in [3.05, 3.63) is 18.1 Å². The normalized spacial score (nSPS) is 14.5.